The van der Waals surface area contributed by atoms with Gasteiger partial charge in [-0.05, 0) is 91.6 Å². The van der Waals surface area contributed by atoms with Crippen LogP contribution in [0.5, 0.6) is 11.5 Å². The van der Waals surface area contributed by atoms with Gasteiger partial charge in [0.2, 0.25) is 0 Å². The van der Waals surface area contributed by atoms with Crippen molar-refractivity contribution < 1.29 is 19.1 Å². The molecule has 0 radical (unpaired) electrons. The number of benzene rings is 3. The maximum Gasteiger partial charge on any atom is 0.270 e. The number of nitrogens with one attached hydrogen (secondary N) is 1. The van der Waals surface area contributed by atoms with Crippen molar-refractivity contribution in [1.82, 2.24) is 5.32 Å². The predicted octanol–water partition coefficient (Wildman–Crippen LogP) is 8.24. The quantitative estimate of drug-likeness (QED) is 0.157. The molecule has 6 nitrogen and oxygen atoms in total. The summed E-state index contributed by atoms with van der Waals surface area (Å²) in [5.41, 5.74) is 1.30. The van der Waals surface area contributed by atoms with Crippen LogP contribution < -0.4 is 19.7 Å². The summed E-state index contributed by atoms with van der Waals surface area (Å²) < 4.78 is 12.5. The molecule has 1 heterocycles. The van der Waals surface area contributed by atoms with Crippen LogP contribution in [0.2, 0.25) is 20.1 Å². The molecule has 0 atom stereocenters. The molecule has 1 aliphatic rings. The van der Waals surface area contributed by atoms with E-state index in [9.17, 15) is 9.59 Å². The Morgan fingerprint density at radius 1 is 1.00 bits per heavy atom. The third-order valence-corrected chi connectivity index (χ3v) is 9.29. The molecule has 1 saturated heterocycles. The molecular weight excluding hydrogens is 726 g/mol. The van der Waals surface area contributed by atoms with E-state index in [1.807, 2.05) is 0 Å². The first-order chi connectivity index (χ1) is 18.0. The van der Waals surface area contributed by atoms with Crippen molar-refractivity contribution in [3.8, 4) is 11.5 Å². The SMILES string of the molecule is COc1cc(/C=C2\C(=O)NC(=S)N(c3cccc(Cl)c3Cl)C2=O)c(Br)c(Br)c1OCc1ccc(Cl)c(Cl)c1. The number of ether oxygens (including phenoxy) is 2. The largest absolute Gasteiger partial charge is 0.493 e. The Hall–Kier alpha value is -1.85. The molecule has 0 aliphatic carbocycles. The molecule has 13 heteroatoms. The second-order valence-electron chi connectivity index (χ2n) is 7.69. The van der Waals surface area contributed by atoms with E-state index in [-0.39, 0.29) is 33.0 Å². The van der Waals surface area contributed by atoms with E-state index in [1.54, 1.807) is 42.5 Å². The molecule has 0 spiro atoms. The van der Waals surface area contributed by atoms with Crippen LogP contribution in [0.4, 0.5) is 5.69 Å². The third-order valence-electron chi connectivity index (χ3n) is 5.32. The van der Waals surface area contributed by atoms with Crippen molar-refractivity contribution in [1.29, 1.82) is 0 Å². The molecule has 1 fully saturated rings. The Morgan fingerprint density at radius 3 is 2.42 bits per heavy atom. The molecule has 0 unspecified atom stereocenters. The molecule has 1 N–H and O–H groups in total. The number of methoxy groups -OCH3 is 1. The first-order valence-corrected chi connectivity index (χ1v) is 14.0. The van der Waals surface area contributed by atoms with Crippen molar-refractivity contribution in [2.24, 2.45) is 0 Å². The van der Waals surface area contributed by atoms with Gasteiger partial charge in [-0.3, -0.25) is 19.8 Å². The molecule has 3 aromatic carbocycles. The van der Waals surface area contributed by atoms with Gasteiger partial charge in [0.25, 0.3) is 11.8 Å². The number of hydrogen-bond acceptors (Lipinski definition) is 5. The minimum absolute atomic E-state index is 0.120. The van der Waals surface area contributed by atoms with E-state index in [2.05, 4.69) is 37.2 Å². The average molecular weight is 740 g/mol. The van der Waals surface area contributed by atoms with Gasteiger partial charge in [-0.15, -0.1) is 0 Å². The van der Waals surface area contributed by atoms with Crippen molar-refractivity contribution in [3.05, 3.63) is 88.2 Å². The van der Waals surface area contributed by atoms with Crippen molar-refractivity contribution in [2.45, 2.75) is 6.61 Å². The van der Waals surface area contributed by atoms with E-state index in [4.69, 9.17) is 68.1 Å². The summed E-state index contributed by atoms with van der Waals surface area (Å²) in [5.74, 6) is -0.609. The van der Waals surface area contributed by atoms with Gasteiger partial charge >= 0.3 is 0 Å². The monoisotopic (exact) mass is 736 g/mol. The van der Waals surface area contributed by atoms with Crippen molar-refractivity contribution in [3.63, 3.8) is 0 Å². The lowest BCUT2D eigenvalue weighted by atomic mass is 10.1. The standard InChI is InChI=1S/C25H14Br2Cl4N2O4S/c1-36-18-9-12(19(26)20(27)22(18)37-10-11-5-6-14(28)16(30)7-11)8-13-23(34)32-25(38)33(24(13)35)17-4-2-3-15(29)21(17)31/h2-9H,10H2,1H3,(H,32,34,38)/b13-8+. The third kappa shape index (κ3) is 5.84. The van der Waals surface area contributed by atoms with Gasteiger partial charge in [0.1, 0.15) is 12.2 Å². The van der Waals surface area contributed by atoms with Crippen molar-refractivity contribution in [2.75, 3.05) is 12.0 Å². The van der Waals surface area contributed by atoms with E-state index in [0.29, 0.717) is 36.1 Å². The maximum absolute atomic E-state index is 13.4. The molecule has 4 rings (SSSR count). The normalized spacial score (nSPS) is 14.7. The Bertz CT molecular complexity index is 1530. The van der Waals surface area contributed by atoms with E-state index >= 15 is 0 Å². The fourth-order valence-electron chi connectivity index (χ4n) is 3.48. The summed E-state index contributed by atoms with van der Waals surface area (Å²) in [6.45, 7) is 0.173. The summed E-state index contributed by atoms with van der Waals surface area (Å²) in [5, 5.41) is 3.60. The molecule has 0 aromatic heterocycles. The van der Waals surface area contributed by atoms with Crippen LogP contribution in [0, 0.1) is 0 Å². The first kappa shape index (κ1) is 29.1. The number of halogens is 6. The fraction of sp³-hybridized carbons (Fsp3) is 0.0800. The number of thiocarbonyl (C=S) groups is 1. The minimum atomic E-state index is -0.676. The van der Waals surface area contributed by atoms with Gasteiger partial charge in [0, 0.05) is 4.47 Å². The van der Waals surface area contributed by atoms with E-state index in [0.717, 1.165) is 10.5 Å². The summed E-state index contributed by atoms with van der Waals surface area (Å²) in [6, 6.07) is 11.6. The summed E-state index contributed by atoms with van der Waals surface area (Å²) in [7, 11) is 1.47. The van der Waals surface area contributed by atoms with Crippen molar-refractivity contribution >= 4 is 119 Å². The maximum atomic E-state index is 13.4. The van der Waals surface area contributed by atoms with Gasteiger partial charge in [-0.25, -0.2) is 0 Å². The number of amides is 2. The zero-order valence-corrected chi connectivity index (χ0v) is 26.1. The highest BCUT2D eigenvalue weighted by Gasteiger charge is 2.36. The average Bonchev–Trinajstić information content (AvgIpc) is 2.87. The number of anilines is 1. The lowest BCUT2D eigenvalue weighted by molar-refractivity contribution is -0.122. The second-order valence-corrected chi connectivity index (χ2v) is 11.3. The van der Waals surface area contributed by atoms with Crippen LogP contribution in [-0.2, 0) is 16.2 Å². The van der Waals surface area contributed by atoms with Gasteiger partial charge in [-0.1, -0.05) is 58.5 Å². The molecule has 1 aliphatic heterocycles. The highest BCUT2D eigenvalue weighted by atomic mass is 79.9. The van der Waals surface area contributed by atoms with Gasteiger partial charge in [0.05, 0.1) is 37.4 Å². The minimum Gasteiger partial charge on any atom is -0.493 e. The number of carbonyl (C=O) groups excluding carboxylic acids is 2. The molecule has 38 heavy (non-hydrogen) atoms. The van der Waals surface area contributed by atoms with Crippen LogP contribution in [0.1, 0.15) is 11.1 Å². The van der Waals surface area contributed by atoms with E-state index < -0.39 is 11.8 Å². The fourth-order valence-corrected chi connectivity index (χ4v) is 5.40. The second kappa shape index (κ2) is 12.1. The van der Waals surface area contributed by atoms with Crippen LogP contribution in [0.15, 0.2) is 57.0 Å². The van der Waals surface area contributed by atoms with Crippen LogP contribution in [0.25, 0.3) is 6.08 Å². The Kier molecular flexibility index (Phi) is 9.30. The highest BCUT2D eigenvalue weighted by Crippen LogP contribution is 2.44. The lowest BCUT2D eigenvalue weighted by Gasteiger charge is -2.29. The number of nitrogens with zero attached hydrogens (tertiary/aromatic N) is 1. The molecule has 2 amide bonds. The smallest absolute Gasteiger partial charge is 0.270 e. The number of rotatable bonds is 6. The summed E-state index contributed by atoms with van der Waals surface area (Å²) >= 11 is 36.8. The number of hydrogen-bond donors (Lipinski definition) is 1. The first-order valence-electron chi connectivity index (χ1n) is 10.5. The van der Waals surface area contributed by atoms with Gasteiger partial charge < -0.3 is 9.47 Å². The van der Waals surface area contributed by atoms with Gasteiger partial charge in [0.15, 0.2) is 16.6 Å². The predicted molar refractivity (Wildman–Crippen MR) is 162 cm³/mol. The number of carbonyl (C=O) groups is 2. The van der Waals surface area contributed by atoms with Crippen LogP contribution >= 0.6 is 90.5 Å². The molecule has 3 aromatic rings. The topological polar surface area (TPSA) is 67.9 Å². The zero-order valence-electron chi connectivity index (χ0n) is 19.1. The van der Waals surface area contributed by atoms with Gasteiger partial charge in [-0.2, -0.15) is 0 Å². The Labute approximate surface area is 260 Å². The molecule has 0 bridgehead atoms. The van der Waals surface area contributed by atoms with E-state index in [1.165, 1.54) is 13.2 Å². The molecule has 0 saturated carbocycles. The Morgan fingerprint density at radius 2 is 1.74 bits per heavy atom. The lowest BCUT2D eigenvalue weighted by Crippen LogP contribution is -2.54. The molecular formula is C25H14Br2Cl4N2O4S. The highest BCUT2D eigenvalue weighted by molar-refractivity contribution is 9.13. The van der Waals surface area contributed by atoms with Crippen LogP contribution in [-0.4, -0.2) is 24.0 Å². The zero-order chi connectivity index (χ0) is 27.7. The van der Waals surface area contributed by atoms with Crippen LogP contribution in [0.3, 0.4) is 0 Å². The summed E-state index contributed by atoms with van der Waals surface area (Å²) in [6.07, 6.45) is 1.41. The summed E-state index contributed by atoms with van der Waals surface area (Å²) in [4.78, 5) is 27.4. The molecule has 196 valence electrons. The Balaban J connectivity index is 1.71.